The molecule has 2 heterocycles. The van der Waals surface area contributed by atoms with E-state index in [1.54, 1.807) is 11.3 Å². The summed E-state index contributed by atoms with van der Waals surface area (Å²) in [5, 5.41) is 0.835. The molecule has 0 aliphatic carbocycles. The van der Waals surface area contributed by atoms with E-state index in [9.17, 15) is 0 Å². The van der Waals surface area contributed by atoms with Crippen molar-refractivity contribution in [1.29, 1.82) is 0 Å². The lowest BCUT2D eigenvalue weighted by Gasteiger charge is -2.17. The first-order valence-corrected chi connectivity index (χ1v) is 8.01. The van der Waals surface area contributed by atoms with E-state index < -0.39 is 0 Å². The van der Waals surface area contributed by atoms with Crippen molar-refractivity contribution >= 4 is 38.4 Å². The molecule has 0 saturated carbocycles. The molecule has 4 nitrogen and oxygen atoms in total. The van der Waals surface area contributed by atoms with Crippen molar-refractivity contribution in [3.8, 4) is 11.5 Å². The summed E-state index contributed by atoms with van der Waals surface area (Å²) < 4.78 is 14.5. The molecular formula is C12H15N2O2S2+. The molecule has 3 rings (SSSR count). The third-order valence-electron chi connectivity index (χ3n) is 2.91. The number of thioether (sulfide) groups is 1. The van der Waals surface area contributed by atoms with Crippen LogP contribution < -0.4 is 19.8 Å². The van der Waals surface area contributed by atoms with E-state index in [1.165, 1.54) is 0 Å². The molecule has 0 atom stereocenters. The summed E-state index contributed by atoms with van der Waals surface area (Å²) in [6, 6.07) is 4.07. The van der Waals surface area contributed by atoms with E-state index in [4.69, 9.17) is 15.2 Å². The number of benzene rings is 1. The average Bonchev–Trinajstić information content (AvgIpc) is 2.68. The normalized spacial score (nSPS) is 14.1. The Morgan fingerprint density at radius 2 is 2.06 bits per heavy atom. The summed E-state index contributed by atoms with van der Waals surface area (Å²) >= 11 is 3.42. The molecule has 1 aromatic heterocycles. The minimum Gasteiger partial charge on any atom is -0.486 e. The van der Waals surface area contributed by atoms with Crippen LogP contribution in [0, 0.1) is 0 Å². The molecule has 0 unspecified atom stereocenters. The third-order valence-corrected chi connectivity index (χ3v) is 4.48. The van der Waals surface area contributed by atoms with Crippen molar-refractivity contribution in [1.82, 2.24) is 0 Å². The topological polar surface area (TPSA) is 48.4 Å². The number of fused-ring (bicyclic) bond motifs is 2. The molecule has 0 spiro atoms. The number of hydrogen-bond donors (Lipinski definition) is 1. The second-order valence-corrected chi connectivity index (χ2v) is 6.10. The second kappa shape index (κ2) is 4.85. The van der Waals surface area contributed by atoms with Gasteiger partial charge in [-0.3, -0.25) is 5.73 Å². The molecule has 0 saturated heterocycles. The summed E-state index contributed by atoms with van der Waals surface area (Å²) in [4.78, 5) is 0. The average molecular weight is 283 g/mol. The Labute approximate surface area is 114 Å². The van der Waals surface area contributed by atoms with Gasteiger partial charge in [0.2, 0.25) is 0 Å². The van der Waals surface area contributed by atoms with Crippen LogP contribution in [0.4, 0.5) is 5.13 Å². The molecular weight excluding hydrogens is 268 g/mol. The van der Waals surface area contributed by atoms with E-state index in [-0.39, 0.29) is 0 Å². The van der Waals surface area contributed by atoms with Crippen molar-refractivity contribution in [2.75, 3.05) is 31.0 Å². The highest BCUT2D eigenvalue weighted by molar-refractivity contribution is 7.98. The number of nitrogen functional groups attached to an aromatic ring is 1. The molecule has 2 aromatic rings. The third kappa shape index (κ3) is 1.99. The van der Waals surface area contributed by atoms with E-state index in [0.717, 1.165) is 39.1 Å². The maximum atomic E-state index is 6.08. The highest BCUT2D eigenvalue weighted by Crippen LogP contribution is 2.36. The molecule has 18 heavy (non-hydrogen) atoms. The highest BCUT2D eigenvalue weighted by atomic mass is 32.2. The summed E-state index contributed by atoms with van der Waals surface area (Å²) in [6.45, 7) is 2.15. The van der Waals surface area contributed by atoms with Gasteiger partial charge < -0.3 is 9.47 Å². The standard InChI is InChI=1S/C12H14N2O2S2/c1-17-5-2-14-8-6-9-10(16-4-3-15-9)7-11(8)18-12(14)13/h6-7,13H,2-5H2,1H3/p+1. The van der Waals surface area contributed by atoms with Gasteiger partial charge in [0, 0.05) is 17.9 Å². The maximum Gasteiger partial charge on any atom is 0.332 e. The van der Waals surface area contributed by atoms with E-state index >= 15 is 0 Å². The lowest BCUT2D eigenvalue weighted by molar-refractivity contribution is -0.648. The summed E-state index contributed by atoms with van der Waals surface area (Å²) in [5.74, 6) is 2.70. The molecule has 2 N–H and O–H groups in total. The Kier molecular flexibility index (Phi) is 3.22. The van der Waals surface area contributed by atoms with Gasteiger partial charge in [-0.05, 0) is 17.6 Å². The fourth-order valence-electron chi connectivity index (χ4n) is 2.05. The minimum absolute atomic E-state index is 0.614. The van der Waals surface area contributed by atoms with Gasteiger partial charge in [-0.25, -0.2) is 4.57 Å². The van der Waals surface area contributed by atoms with E-state index in [1.807, 2.05) is 23.9 Å². The fraction of sp³-hybridized carbons (Fsp3) is 0.417. The Morgan fingerprint density at radius 3 is 2.78 bits per heavy atom. The van der Waals surface area contributed by atoms with Crippen molar-refractivity contribution < 1.29 is 14.0 Å². The number of rotatable bonds is 3. The van der Waals surface area contributed by atoms with Crippen molar-refractivity contribution in [2.45, 2.75) is 6.54 Å². The van der Waals surface area contributed by atoms with Gasteiger partial charge in [-0.2, -0.15) is 11.8 Å². The van der Waals surface area contributed by atoms with Crippen LogP contribution in [0.3, 0.4) is 0 Å². The molecule has 0 amide bonds. The lowest BCUT2D eigenvalue weighted by atomic mass is 10.2. The quantitative estimate of drug-likeness (QED) is 0.874. The number of ether oxygens (including phenoxy) is 2. The van der Waals surface area contributed by atoms with Gasteiger partial charge in [0.25, 0.3) is 0 Å². The van der Waals surface area contributed by atoms with E-state index in [2.05, 4.69) is 10.8 Å². The zero-order valence-corrected chi connectivity index (χ0v) is 11.8. The van der Waals surface area contributed by atoms with Crippen LogP contribution in [0.1, 0.15) is 0 Å². The molecule has 1 aliphatic heterocycles. The zero-order chi connectivity index (χ0) is 12.5. The molecule has 1 aromatic carbocycles. The van der Waals surface area contributed by atoms with Gasteiger partial charge in [0.05, 0.1) is 4.70 Å². The number of hydrogen-bond acceptors (Lipinski definition) is 5. The SMILES string of the molecule is CSCC[n+]1c(N)sc2cc3c(cc21)OCCO3. The zero-order valence-electron chi connectivity index (χ0n) is 10.1. The molecule has 0 fully saturated rings. The van der Waals surface area contributed by atoms with Crippen LogP contribution in [-0.2, 0) is 6.54 Å². The van der Waals surface area contributed by atoms with Crippen molar-refractivity contribution in [3.63, 3.8) is 0 Å². The van der Waals surface area contributed by atoms with Crippen molar-refractivity contribution in [2.24, 2.45) is 0 Å². The molecule has 6 heteroatoms. The predicted molar refractivity (Wildman–Crippen MR) is 75.8 cm³/mol. The number of anilines is 1. The monoisotopic (exact) mass is 283 g/mol. The van der Waals surface area contributed by atoms with Gasteiger partial charge >= 0.3 is 5.13 Å². The second-order valence-electron chi connectivity index (χ2n) is 4.05. The van der Waals surface area contributed by atoms with Gasteiger partial charge in [-0.15, -0.1) is 0 Å². The van der Waals surface area contributed by atoms with E-state index in [0.29, 0.717) is 13.2 Å². The van der Waals surface area contributed by atoms with Crippen LogP contribution in [0.5, 0.6) is 11.5 Å². The largest absolute Gasteiger partial charge is 0.486 e. The smallest absolute Gasteiger partial charge is 0.332 e. The van der Waals surface area contributed by atoms with Crippen LogP contribution in [0.25, 0.3) is 10.2 Å². The number of aryl methyl sites for hydroxylation is 1. The van der Waals surface area contributed by atoms with Gasteiger partial charge in [-0.1, -0.05) is 0 Å². The summed E-state index contributed by atoms with van der Waals surface area (Å²) in [5.41, 5.74) is 7.22. The van der Waals surface area contributed by atoms with Crippen LogP contribution in [0.15, 0.2) is 12.1 Å². The molecule has 0 radical (unpaired) electrons. The fourth-order valence-corrected chi connectivity index (χ4v) is 3.38. The van der Waals surface area contributed by atoms with Crippen LogP contribution in [-0.4, -0.2) is 25.2 Å². The van der Waals surface area contributed by atoms with Gasteiger partial charge in [0.15, 0.2) is 11.5 Å². The first kappa shape index (κ1) is 11.9. The first-order chi connectivity index (χ1) is 8.79. The Hall–Kier alpha value is -1.14. The molecule has 96 valence electrons. The van der Waals surface area contributed by atoms with Crippen molar-refractivity contribution in [3.05, 3.63) is 12.1 Å². The highest BCUT2D eigenvalue weighted by Gasteiger charge is 2.20. The summed E-state index contributed by atoms with van der Waals surface area (Å²) in [7, 11) is 0. The number of aromatic nitrogens is 1. The Bertz CT molecular complexity index is 583. The minimum atomic E-state index is 0.614. The maximum absolute atomic E-state index is 6.08. The molecule has 1 aliphatic rings. The molecule has 0 bridgehead atoms. The number of nitrogens with two attached hydrogens (primary N) is 1. The van der Waals surface area contributed by atoms with Gasteiger partial charge in [0.1, 0.15) is 25.3 Å². The lowest BCUT2D eigenvalue weighted by Crippen LogP contribution is -2.36. The Morgan fingerprint density at radius 1 is 1.33 bits per heavy atom. The first-order valence-electron chi connectivity index (χ1n) is 5.80. The number of nitrogens with zero attached hydrogens (tertiary/aromatic N) is 1. The van der Waals surface area contributed by atoms with Crippen LogP contribution in [0.2, 0.25) is 0 Å². The Balaban J connectivity index is 2.10. The predicted octanol–water partition coefficient (Wildman–Crippen LogP) is 1.91. The van der Waals surface area contributed by atoms with Crippen LogP contribution >= 0.6 is 23.1 Å². The number of thiazole rings is 1. The summed E-state index contributed by atoms with van der Waals surface area (Å²) in [6.07, 6.45) is 2.10.